The normalized spacial score (nSPS) is 10.9. The Labute approximate surface area is 165 Å². The van der Waals surface area contributed by atoms with Crippen molar-refractivity contribution in [3.63, 3.8) is 0 Å². The maximum Gasteiger partial charge on any atom is 0.342 e. The van der Waals surface area contributed by atoms with Crippen molar-refractivity contribution in [1.29, 1.82) is 0 Å². The number of ether oxygens (including phenoxy) is 1. The van der Waals surface area contributed by atoms with Gasteiger partial charge in [-0.3, -0.25) is 14.2 Å². The molecule has 28 heavy (non-hydrogen) atoms. The van der Waals surface area contributed by atoms with Crippen LogP contribution in [0.4, 0.5) is 5.69 Å². The van der Waals surface area contributed by atoms with Crippen molar-refractivity contribution in [2.45, 2.75) is 27.3 Å². The maximum atomic E-state index is 12.8. The molecule has 3 aromatic rings. The molecule has 8 nitrogen and oxygen atoms in total. The average molecular weight is 404 g/mol. The number of furan rings is 1. The maximum absolute atomic E-state index is 12.8. The molecule has 146 valence electrons. The number of hydrogen-bond acceptors (Lipinski definition) is 6. The molecule has 0 radical (unpaired) electrons. The lowest BCUT2D eigenvalue weighted by Crippen LogP contribution is -2.28. The molecular weight excluding hydrogens is 386 g/mol. The van der Waals surface area contributed by atoms with Crippen LogP contribution in [0.25, 0.3) is 11.1 Å². The second kappa shape index (κ2) is 7.85. The number of carbonyl (C=O) groups excluding carboxylic acids is 2. The number of carbonyl (C=O) groups is 2. The van der Waals surface area contributed by atoms with Gasteiger partial charge >= 0.3 is 5.97 Å². The van der Waals surface area contributed by atoms with Gasteiger partial charge in [0.25, 0.3) is 5.56 Å². The van der Waals surface area contributed by atoms with E-state index >= 15 is 0 Å². The number of halogens is 1. The fourth-order valence-corrected chi connectivity index (χ4v) is 2.96. The topological polar surface area (TPSA) is 103 Å². The fourth-order valence-electron chi connectivity index (χ4n) is 2.79. The molecule has 0 bridgehead atoms. The number of amides is 1. The van der Waals surface area contributed by atoms with Gasteiger partial charge in [-0.25, -0.2) is 9.78 Å². The van der Waals surface area contributed by atoms with Crippen LogP contribution < -0.4 is 10.9 Å². The number of aryl methyl sites for hydroxylation is 1. The summed E-state index contributed by atoms with van der Waals surface area (Å²) in [7, 11) is 0. The number of fused-ring (bicyclic) bond motifs is 1. The first-order valence-corrected chi connectivity index (χ1v) is 8.91. The summed E-state index contributed by atoms with van der Waals surface area (Å²) in [4.78, 5) is 41.5. The Kier molecular flexibility index (Phi) is 5.51. The van der Waals surface area contributed by atoms with Crippen LogP contribution in [0.3, 0.4) is 0 Å². The number of hydrogen-bond donors (Lipinski definition) is 1. The van der Waals surface area contributed by atoms with E-state index in [1.54, 1.807) is 39.0 Å². The first-order chi connectivity index (χ1) is 13.3. The predicted octanol–water partition coefficient (Wildman–Crippen LogP) is 3.08. The molecule has 2 heterocycles. The highest BCUT2D eigenvalue weighted by Crippen LogP contribution is 2.23. The number of esters is 1. The summed E-state index contributed by atoms with van der Waals surface area (Å²) >= 11 is 6.05. The zero-order chi connectivity index (χ0) is 20.4. The second-order valence-corrected chi connectivity index (χ2v) is 6.48. The summed E-state index contributed by atoms with van der Waals surface area (Å²) in [6.07, 6.45) is 1.20. The average Bonchev–Trinajstić information content (AvgIpc) is 2.98. The fraction of sp³-hybridized carbons (Fsp3) is 0.263. The quantitative estimate of drug-likeness (QED) is 0.656. The van der Waals surface area contributed by atoms with Crippen LogP contribution in [0.5, 0.6) is 0 Å². The molecule has 0 aliphatic heterocycles. The Morgan fingerprint density at radius 3 is 2.79 bits per heavy atom. The van der Waals surface area contributed by atoms with Crippen molar-refractivity contribution in [2.75, 3.05) is 11.9 Å². The molecule has 9 heteroatoms. The van der Waals surface area contributed by atoms with E-state index in [9.17, 15) is 14.4 Å². The van der Waals surface area contributed by atoms with Crippen LogP contribution in [0.2, 0.25) is 5.02 Å². The standard InChI is InChI=1S/C19H18ClN3O5/c1-4-27-19(26)15-11(3)28-17-16(15)18(25)23(9-21-17)8-14(24)22-13-7-5-6-12(20)10(13)2/h5-7,9H,4,8H2,1-3H3,(H,22,24). The van der Waals surface area contributed by atoms with E-state index in [2.05, 4.69) is 10.3 Å². The highest BCUT2D eigenvalue weighted by atomic mass is 35.5. The monoisotopic (exact) mass is 403 g/mol. The van der Waals surface area contributed by atoms with E-state index in [-0.39, 0.29) is 35.6 Å². The molecular formula is C19H18ClN3O5. The molecule has 2 aromatic heterocycles. The van der Waals surface area contributed by atoms with E-state index in [0.717, 1.165) is 4.57 Å². The molecule has 1 N–H and O–H groups in total. The van der Waals surface area contributed by atoms with Gasteiger partial charge in [-0.05, 0) is 38.5 Å². The molecule has 0 spiro atoms. The van der Waals surface area contributed by atoms with Crippen LogP contribution in [0, 0.1) is 13.8 Å². The van der Waals surface area contributed by atoms with E-state index in [1.165, 1.54) is 6.33 Å². The third kappa shape index (κ3) is 3.63. The first kappa shape index (κ1) is 19.6. The van der Waals surface area contributed by atoms with Crippen molar-refractivity contribution in [2.24, 2.45) is 0 Å². The summed E-state index contributed by atoms with van der Waals surface area (Å²) in [5.41, 5.74) is 0.741. The number of benzene rings is 1. The molecule has 0 aliphatic rings. The van der Waals surface area contributed by atoms with Gasteiger partial charge in [0.05, 0.1) is 6.61 Å². The Bertz CT molecular complexity index is 1130. The van der Waals surface area contributed by atoms with Gasteiger partial charge in [0.15, 0.2) is 0 Å². The summed E-state index contributed by atoms with van der Waals surface area (Å²) in [6.45, 7) is 4.85. The van der Waals surface area contributed by atoms with Crippen LogP contribution in [0.15, 0.2) is 33.7 Å². The van der Waals surface area contributed by atoms with Crippen LogP contribution in [0.1, 0.15) is 28.6 Å². The molecule has 3 rings (SSSR count). The molecule has 1 aromatic carbocycles. The summed E-state index contributed by atoms with van der Waals surface area (Å²) in [5.74, 6) is -0.879. The minimum Gasteiger partial charge on any atom is -0.462 e. The van der Waals surface area contributed by atoms with Gasteiger partial charge in [-0.15, -0.1) is 0 Å². The molecule has 0 saturated heterocycles. The highest BCUT2D eigenvalue weighted by Gasteiger charge is 2.24. The third-order valence-corrected chi connectivity index (χ3v) is 4.60. The molecule has 0 fully saturated rings. The number of anilines is 1. The smallest absolute Gasteiger partial charge is 0.342 e. The Morgan fingerprint density at radius 1 is 1.32 bits per heavy atom. The van der Waals surface area contributed by atoms with Gasteiger partial charge < -0.3 is 14.5 Å². The summed E-state index contributed by atoms with van der Waals surface area (Å²) in [5, 5.41) is 3.22. The molecule has 0 saturated carbocycles. The van der Waals surface area contributed by atoms with Crippen LogP contribution in [-0.4, -0.2) is 28.0 Å². The Balaban J connectivity index is 1.93. The number of aromatic nitrogens is 2. The lowest BCUT2D eigenvalue weighted by atomic mass is 10.2. The van der Waals surface area contributed by atoms with E-state index in [1.807, 2.05) is 0 Å². The van der Waals surface area contributed by atoms with Crippen molar-refractivity contribution < 1.29 is 18.7 Å². The van der Waals surface area contributed by atoms with Crippen molar-refractivity contribution in [3.05, 3.63) is 56.8 Å². The molecule has 1 amide bonds. The van der Waals surface area contributed by atoms with E-state index < -0.39 is 17.4 Å². The van der Waals surface area contributed by atoms with Gasteiger partial charge in [-0.1, -0.05) is 17.7 Å². The predicted molar refractivity (Wildman–Crippen MR) is 104 cm³/mol. The van der Waals surface area contributed by atoms with Crippen molar-refractivity contribution >= 4 is 40.3 Å². The van der Waals surface area contributed by atoms with Crippen molar-refractivity contribution in [3.8, 4) is 0 Å². The zero-order valence-electron chi connectivity index (χ0n) is 15.5. The lowest BCUT2D eigenvalue weighted by Gasteiger charge is -2.10. The van der Waals surface area contributed by atoms with Gasteiger partial charge in [0.2, 0.25) is 11.6 Å². The van der Waals surface area contributed by atoms with Crippen LogP contribution >= 0.6 is 11.6 Å². The molecule has 0 atom stereocenters. The van der Waals surface area contributed by atoms with Gasteiger partial charge in [0, 0.05) is 10.7 Å². The lowest BCUT2D eigenvalue weighted by molar-refractivity contribution is -0.116. The number of nitrogens with one attached hydrogen (secondary N) is 1. The van der Waals surface area contributed by atoms with Gasteiger partial charge in [0.1, 0.15) is 29.6 Å². The largest absolute Gasteiger partial charge is 0.462 e. The zero-order valence-corrected chi connectivity index (χ0v) is 16.3. The minimum absolute atomic E-state index is 0.00909. The number of rotatable bonds is 5. The van der Waals surface area contributed by atoms with E-state index in [4.69, 9.17) is 20.8 Å². The summed E-state index contributed by atoms with van der Waals surface area (Å²) < 4.78 is 11.5. The molecule has 0 aliphatic carbocycles. The second-order valence-electron chi connectivity index (χ2n) is 6.07. The summed E-state index contributed by atoms with van der Waals surface area (Å²) in [6, 6.07) is 5.14. The molecule has 0 unspecified atom stereocenters. The Hall–Kier alpha value is -3.13. The van der Waals surface area contributed by atoms with E-state index in [0.29, 0.717) is 16.3 Å². The third-order valence-electron chi connectivity index (χ3n) is 4.19. The van der Waals surface area contributed by atoms with Gasteiger partial charge in [-0.2, -0.15) is 0 Å². The minimum atomic E-state index is -0.672. The first-order valence-electron chi connectivity index (χ1n) is 8.54. The number of nitrogens with zero attached hydrogens (tertiary/aromatic N) is 2. The van der Waals surface area contributed by atoms with Crippen molar-refractivity contribution in [1.82, 2.24) is 9.55 Å². The van der Waals surface area contributed by atoms with Crippen LogP contribution in [-0.2, 0) is 16.1 Å². The Morgan fingerprint density at radius 2 is 2.07 bits per heavy atom. The highest BCUT2D eigenvalue weighted by molar-refractivity contribution is 6.31. The SMILES string of the molecule is CCOC(=O)c1c(C)oc2ncn(CC(=O)Nc3cccc(Cl)c3C)c(=O)c12.